The Kier molecular flexibility index (Phi) is 4.94. The van der Waals surface area contributed by atoms with Crippen molar-refractivity contribution >= 4 is 0 Å². The van der Waals surface area contributed by atoms with E-state index < -0.39 is 0 Å². The smallest absolute Gasteiger partial charge is 0.220 e. The number of nitrogens with zero attached hydrogens (tertiary/aromatic N) is 2. The minimum absolute atomic E-state index is 0.137. The highest BCUT2D eigenvalue weighted by Crippen LogP contribution is 2.15. The van der Waals surface area contributed by atoms with Crippen LogP contribution in [0.5, 0.6) is 11.8 Å². The summed E-state index contributed by atoms with van der Waals surface area (Å²) in [5, 5.41) is 0. The molecule has 0 radical (unpaired) electrons. The maximum atomic E-state index is 5.81. The van der Waals surface area contributed by atoms with E-state index in [9.17, 15) is 0 Å². The molecule has 0 fully saturated rings. The Morgan fingerprint density at radius 3 is 2.19 bits per heavy atom. The zero-order chi connectivity index (χ0) is 12.0. The van der Waals surface area contributed by atoms with E-state index in [0.717, 1.165) is 0 Å². The van der Waals surface area contributed by atoms with Crippen LogP contribution in [0.2, 0.25) is 0 Å². The Hall–Kier alpha value is -1.40. The fourth-order valence-corrected chi connectivity index (χ4v) is 1.26. The molecule has 0 aliphatic carbocycles. The molecule has 1 rings (SSSR count). The van der Waals surface area contributed by atoms with Crippen LogP contribution in [-0.4, -0.2) is 43.9 Å². The van der Waals surface area contributed by atoms with E-state index >= 15 is 0 Å². The lowest BCUT2D eigenvalue weighted by Gasteiger charge is -2.10. The zero-order valence-corrected chi connectivity index (χ0v) is 9.77. The summed E-state index contributed by atoms with van der Waals surface area (Å²) in [4.78, 5) is 8.35. The molecule has 0 aliphatic rings. The molecular formula is C10H17N3O3. The summed E-state index contributed by atoms with van der Waals surface area (Å²) in [6.45, 7) is 0.461. The van der Waals surface area contributed by atoms with Gasteiger partial charge < -0.3 is 19.9 Å². The Labute approximate surface area is 94.7 Å². The third kappa shape index (κ3) is 3.63. The normalized spacial score (nSPS) is 12.2. The second kappa shape index (κ2) is 6.24. The van der Waals surface area contributed by atoms with Gasteiger partial charge in [0.25, 0.3) is 0 Å². The van der Waals surface area contributed by atoms with Gasteiger partial charge in [-0.2, -0.15) is 9.97 Å². The largest absolute Gasteiger partial charge is 0.481 e. The monoisotopic (exact) mass is 227 g/mol. The van der Waals surface area contributed by atoms with Crippen molar-refractivity contribution in [1.82, 2.24) is 9.97 Å². The molecule has 0 aromatic carbocycles. The first kappa shape index (κ1) is 12.7. The Morgan fingerprint density at radius 2 is 1.75 bits per heavy atom. The number of nitrogens with two attached hydrogens (primary N) is 1. The lowest BCUT2D eigenvalue weighted by Crippen LogP contribution is -2.28. The Morgan fingerprint density at radius 1 is 1.19 bits per heavy atom. The van der Waals surface area contributed by atoms with Crippen LogP contribution in [0.3, 0.4) is 0 Å². The molecule has 6 nitrogen and oxygen atoms in total. The molecule has 0 spiro atoms. The fourth-order valence-electron chi connectivity index (χ4n) is 1.26. The maximum absolute atomic E-state index is 5.81. The maximum Gasteiger partial charge on any atom is 0.220 e. The van der Waals surface area contributed by atoms with Gasteiger partial charge in [-0.3, -0.25) is 0 Å². The molecule has 1 aromatic heterocycles. The van der Waals surface area contributed by atoms with Crippen molar-refractivity contribution in [3.05, 3.63) is 11.9 Å². The first-order valence-corrected chi connectivity index (χ1v) is 4.90. The van der Waals surface area contributed by atoms with Crippen LogP contribution in [0.25, 0.3) is 0 Å². The van der Waals surface area contributed by atoms with E-state index in [0.29, 0.717) is 30.6 Å². The molecule has 0 bridgehead atoms. The molecule has 16 heavy (non-hydrogen) atoms. The van der Waals surface area contributed by atoms with Crippen molar-refractivity contribution in [2.24, 2.45) is 5.73 Å². The summed E-state index contributed by atoms with van der Waals surface area (Å²) in [6, 6.07) is 1.48. The molecule has 2 N–H and O–H groups in total. The second-order valence-electron chi connectivity index (χ2n) is 3.29. The molecule has 90 valence electrons. The SMILES string of the molecule is COCC(N)Cc1nc(OC)cc(OC)n1. The predicted octanol–water partition coefficient (Wildman–Crippen LogP) is 0.0100. The van der Waals surface area contributed by atoms with E-state index in [1.165, 1.54) is 0 Å². The average Bonchev–Trinajstić information content (AvgIpc) is 2.28. The van der Waals surface area contributed by atoms with Gasteiger partial charge in [-0.25, -0.2) is 0 Å². The van der Waals surface area contributed by atoms with Crippen molar-refractivity contribution in [3.8, 4) is 11.8 Å². The summed E-state index contributed by atoms with van der Waals surface area (Å²) in [5.74, 6) is 1.51. The minimum Gasteiger partial charge on any atom is -0.481 e. The van der Waals surface area contributed by atoms with Crippen LogP contribution >= 0.6 is 0 Å². The summed E-state index contributed by atoms with van der Waals surface area (Å²) in [5.41, 5.74) is 5.81. The number of methoxy groups -OCH3 is 3. The summed E-state index contributed by atoms with van der Waals surface area (Å²) < 4.78 is 15.0. The van der Waals surface area contributed by atoms with Crippen LogP contribution in [0.15, 0.2) is 6.07 Å². The van der Waals surface area contributed by atoms with Crippen LogP contribution < -0.4 is 15.2 Å². The molecule has 1 heterocycles. The molecule has 1 atom stereocenters. The van der Waals surface area contributed by atoms with Gasteiger partial charge >= 0.3 is 0 Å². The van der Waals surface area contributed by atoms with E-state index in [1.54, 1.807) is 27.4 Å². The minimum atomic E-state index is -0.137. The first-order valence-electron chi connectivity index (χ1n) is 4.90. The van der Waals surface area contributed by atoms with Crippen molar-refractivity contribution in [2.75, 3.05) is 27.9 Å². The molecule has 1 unspecified atom stereocenters. The number of hydrogen-bond acceptors (Lipinski definition) is 6. The number of ether oxygens (including phenoxy) is 3. The quantitative estimate of drug-likeness (QED) is 0.737. The van der Waals surface area contributed by atoms with Crippen LogP contribution in [0.1, 0.15) is 5.82 Å². The van der Waals surface area contributed by atoms with Gasteiger partial charge in [0.2, 0.25) is 11.8 Å². The van der Waals surface area contributed by atoms with Gasteiger partial charge in [0.15, 0.2) is 0 Å². The van der Waals surface area contributed by atoms with Crippen molar-refractivity contribution in [3.63, 3.8) is 0 Å². The first-order chi connectivity index (χ1) is 7.69. The highest BCUT2D eigenvalue weighted by atomic mass is 16.5. The van der Waals surface area contributed by atoms with E-state index in [4.69, 9.17) is 19.9 Å². The highest BCUT2D eigenvalue weighted by molar-refractivity contribution is 5.21. The summed E-state index contributed by atoms with van der Waals surface area (Å²) >= 11 is 0. The van der Waals surface area contributed by atoms with Crippen LogP contribution in [0, 0.1) is 0 Å². The van der Waals surface area contributed by atoms with Crippen molar-refractivity contribution in [2.45, 2.75) is 12.5 Å². The number of rotatable bonds is 6. The third-order valence-electron chi connectivity index (χ3n) is 1.97. The zero-order valence-electron chi connectivity index (χ0n) is 9.77. The lowest BCUT2D eigenvalue weighted by atomic mass is 10.2. The van der Waals surface area contributed by atoms with E-state index in [-0.39, 0.29) is 6.04 Å². The summed E-state index contributed by atoms with van der Waals surface area (Å²) in [6.07, 6.45) is 0.515. The molecule has 0 saturated heterocycles. The van der Waals surface area contributed by atoms with E-state index in [1.807, 2.05) is 0 Å². The topological polar surface area (TPSA) is 79.5 Å². The van der Waals surface area contributed by atoms with Gasteiger partial charge in [-0.15, -0.1) is 0 Å². The molecule has 0 amide bonds. The highest BCUT2D eigenvalue weighted by Gasteiger charge is 2.09. The van der Waals surface area contributed by atoms with E-state index in [2.05, 4.69) is 9.97 Å². The molecular weight excluding hydrogens is 210 g/mol. The average molecular weight is 227 g/mol. The van der Waals surface area contributed by atoms with Crippen LogP contribution in [0.4, 0.5) is 0 Å². The fraction of sp³-hybridized carbons (Fsp3) is 0.600. The third-order valence-corrected chi connectivity index (χ3v) is 1.97. The number of hydrogen-bond donors (Lipinski definition) is 1. The molecule has 0 saturated carbocycles. The lowest BCUT2D eigenvalue weighted by molar-refractivity contribution is 0.179. The number of aromatic nitrogens is 2. The van der Waals surface area contributed by atoms with Crippen LogP contribution in [-0.2, 0) is 11.2 Å². The summed E-state index contributed by atoms with van der Waals surface area (Å²) in [7, 11) is 4.69. The van der Waals surface area contributed by atoms with Crippen molar-refractivity contribution < 1.29 is 14.2 Å². The Balaban J connectivity index is 2.78. The van der Waals surface area contributed by atoms with Crippen molar-refractivity contribution in [1.29, 1.82) is 0 Å². The molecule has 0 aliphatic heterocycles. The predicted molar refractivity (Wildman–Crippen MR) is 58.7 cm³/mol. The molecule has 1 aromatic rings. The molecule has 6 heteroatoms. The second-order valence-corrected chi connectivity index (χ2v) is 3.29. The van der Waals surface area contributed by atoms with Gasteiger partial charge in [-0.05, 0) is 0 Å². The van der Waals surface area contributed by atoms with Gasteiger partial charge in [0, 0.05) is 19.6 Å². The Bertz CT molecular complexity index is 311. The van der Waals surface area contributed by atoms with Gasteiger partial charge in [0.1, 0.15) is 5.82 Å². The van der Waals surface area contributed by atoms with Gasteiger partial charge in [0.05, 0.1) is 26.9 Å². The standard InChI is InChI=1S/C10H17N3O3/c1-14-6-7(11)4-8-12-9(15-2)5-10(13-8)16-3/h5,7H,4,6,11H2,1-3H3. The van der Waals surface area contributed by atoms with Gasteiger partial charge in [-0.1, -0.05) is 0 Å².